The Kier molecular flexibility index (Phi) is 5.75. The van der Waals surface area contributed by atoms with Crippen LogP contribution in [0.1, 0.15) is 73.6 Å². The van der Waals surface area contributed by atoms with Gasteiger partial charge in [-0.3, -0.25) is 4.79 Å². The molecule has 2 aromatic heterocycles. The van der Waals surface area contributed by atoms with E-state index in [0.29, 0.717) is 31.2 Å². The molecule has 0 saturated heterocycles. The Morgan fingerprint density at radius 2 is 2.00 bits per heavy atom. The number of hydrogen-bond donors (Lipinski definition) is 2. The number of fused-ring (bicyclic) bond motifs is 3. The first kappa shape index (κ1) is 22.3. The Balaban J connectivity index is 1.89. The van der Waals surface area contributed by atoms with Gasteiger partial charge < -0.3 is 24.3 Å². The fourth-order valence-electron chi connectivity index (χ4n) is 4.34. The maximum absolute atomic E-state index is 12.6. The van der Waals surface area contributed by atoms with Crippen molar-refractivity contribution in [2.45, 2.75) is 58.4 Å². The first-order valence-electron chi connectivity index (χ1n) is 11.0. The molecule has 8 nitrogen and oxygen atoms in total. The van der Waals surface area contributed by atoms with Gasteiger partial charge in [-0.25, -0.2) is 9.78 Å². The highest BCUT2D eigenvalue weighted by atomic mass is 16.5. The Morgan fingerprint density at radius 1 is 1.28 bits per heavy atom. The van der Waals surface area contributed by atoms with E-state index in [1.165, 1.54) is 6.20 Å². The molecule has 1 aliphatic heterocycles. The van der Waals surface area contributed by atoms with Gasteiger partial charge in [0, 0.05) is 38.3 Å². The standard InChI is InChI=1S/C24H30N2O6/c1-24(2,3)17-11-14-10-16(32-9-5-8-31-4)18(13-6-7-13)25-19(14)20-22(28)21(27)15(23(29)30)12-26(17)20/h10,12-13,17,28H,5-9,11H2,1-4H3,(H,29,30). The summed E-state index contributed by atoms with van der Waals surface area (Å²) in [5.74, 6) is -0.889. The van der Waals surface area contributed by atoms with Crippen LogP contribution in [0.15, 0.2) is 17.1 Å². The number of aromatic hydroxyl groups is 1. The van der Waals surface area contributed by atoms with Crippen molar-refractivity contribution in [1.29, 1.82) is 0 Å². The molecule has 1 aliphatic carbocycles. The molecular formula is C24H30N2O6. The minimum absolute atomic E-state index is 0.176. The van der Waals surface area contributed by atoms with E-state index in [0.717, 1.165) is 36.3 Å². The van der Waals surface area contributed by atoms with Crippen LogP contribution in [0.2, 0.25) is 0 Å². The van der Waals surface area contributed by atoms with Crippen molar-refractivity contribution >= 4 is 5.97 Å². The number of pyridine rings is 2. The molecule has 32 heavy (non-hydrogen) atoms. The van der Waals surface area contributed by atoms with Crippen LogP contribution in [0.3, 0.4) is 0 Å². The predicted molar refractivity (Wildman–Crippen MR) is 119 cm³/mol. The molecule has 1 saturated carbocycles. The highest BCUT2D eigenvalue weighted by Crippen LogP contribution is 2.49. The number of nitrogens with zero attached hydrogens (tertiary/aromatic N) is 2. The topological polar surface area (TPSA) is 111 Å². The van der Waals surface area contributed by atoms with Gasteiger partial charge in [0.05, 0.1) is 18.0 Å². The van der Waals surface area contributed by atoms with Gasteiger partial charge in [-0.2, -0.15) is 0 Å². The molecule has 1 atom stereocenters. The molecule has 1 unspecified atom stereocenters. The lowest BCUT2D eigenvalue weighted by Gasteiger charge is -2.39. The molecule has 2 aliphatic rings. The van der Waals surface area contributed by atoms with Crippen molar-refractivity contribution in [2.24, 2.45) is 5.41 Å². The van der Waals surface area contributed by atoms with Crippen molar-refractivity contribution in [3.05, 3.63) is 39.3 Å². The molecule has 4 rings (SSSR count). The molecule has 172 valence electrons. The average molecular weight is 443 g/mol. The third kappa shape index (κ3) is 3.99. The molecule has 3 heterocycles. The van der Waals surface area contributed by atoms with E-state index in [4.69, 9.17) is 14.5 Å². The Morgan fingerprint density at radius 3 is 2.59 bits per heavy atom. The second kappa shape index (κ2) is 8.24. The van der Waals surface area contributed by atoms with Crippen LogP contribution in [0.5, 0.6) is 11.5 Å². The molecular weight excluding hydrogens is 412 g/mol. The lowest BCUT2D eigenvalue weighted by atomic mass is 9.79. The number of carbonyl (C=O) groups is 1. The summed E-state index contributed by atoms with van der Waals surface area (Å²) in [5.41, 5.74) is 0.934. The monoisotopic (exact) mass is 442 g/mol. The maximum atomic E-state index is 12.6. The zero-order valence-corrected chi connectivity index (χ0v) is 19.0. The third-order valence-corrected chi connectivity index (χ3v) is 6.22. The molecule has 1 fully saturated rings. The van der Waals surface area contributed by atoms with Crippen molar-refractivity contribution < 1.29 is 24.5 Å². The van der Waals surface area contributed by atoms with Crippen LogP contribution in [0.4, 0.5) is 0 Å². The first-order valence-corrected chi connectivity index (χ1v) is 11.0. The van der Waals surface area contributed by atoms with E-state index >= 15 is 0 Å². The quantitative estimate of drug-likeness (QED) is 0.628. The fourth-order valence-corrected chi connectivity index (χ4v) is 4.34. The molecule has 0 radical (unpaired) electrons. The van der Waals surface area contributed by atoms with E-state index in [9.17, 15) is 19.8 Å². The number of ether oxygens (including phenoxy) is 2. The normalized spacial score (nSPS) is 17.6. The van der Waals surface area contributed by atoms with Crippen molar-refractivity contribution in [3.63, 3.8) is 0 Å². The van der Waals surface area contributed by atoms with Crippen LogP contribution in [-0.4, -0.2) is 46.1 Å². The first-order chi connectivity index (χ1) is 15.1. The summed E-state index contributed by atoms with van der Waals surface area (Å²) >= 11 is 0. The minimum Gasteiger partial charge on any atom is -0.503 e. The van der Waals surface area contributed by atoms with Gasteiger partial charge in [-0.05, 0) is 36.3 Å². The van der Waals surface area contributed by atoms with Crippen LogP contribution >= 0.6 is 0 Å². The molecule has 2 N–H and O–H groups in total. The van der Waals surface area contributed by atoms with Gasteiger partial charge in [0.25, 0.3) is 0 Å². The van der Waals surface area contributed by atoms with Crippen molar-refractivity contribution in [3.8, 4) is 22.9 Å². The van der Waals surface area contributed by atoms with Crippen molar-refractivity contribution in [2.75, 3.05) is 20.3 Å². The van der Waals surface area contributed by atoms with E-state index in [1.807, 2.05) is 6.07 Å². The van der Waals surface area contributed by atoms with E-state index in [2.05, 4.69) is 20.8 Å². The van der Waals surface area contributed by atoms with Crippen LogP contribution in [0, 0.1) is 5.41 Å². The number of rotatable bonds is 7. The van der Waals surface area contributed by atoms with E-state index in [-0.39, 0.29) is 17.2 Å². The lowest BCUT2D eigenvalue weighted by molar-refractivity contribution is 0.0693. The average Bonchev–Trinajstić information content (AvgIpc) is 3.56. The number of hydrogen-bond acceptors (Lipinski definition) is 6. The third-order valence-electron chi connectivity index (χ3n) is 6.22. The molecule has 0 spiro atoms. The highest BCUT2D eigenvalue weighted by Gasteiger charge is 2.38. The summed E-state index contributed by atoms with van der Waals surface area (Å²) in [4.78, 5) is 29.2. The predicted octanol–water partition coefficient (Wildman–Crippen LogP) is 3.75. The number of carboxylic acid groups (broad SMARTS) is 1. The van der Waals surface area contributed by atoms with Gasteiger partial charge in [0.15, 0.2) is 5.75 Å². The fraction of sp³-hybridized carbons (Fsp3) is 0.542. The Labute approximate surface area is 186 Å². The summed E-state index contributed by atoms with van der Waals surface area (Å²) in [7, 11) is 1.66. The van der Waals surface area contributed by atoms with Gasteiger partial charge in [0.2, 0.25) is 5.43 Å². The summed E-state index contributed by atoms with van der Waals surface area (Å²) in [6.45, 7) is 7.28. The SMILES string of the molecule is COCCCOc1cc2c(nc1C1CC1)-c1c(O)c(=O)c(C(=O)O)cn1C(C(C)(C)C)C2. The van der Waals surface area contributed by atoms with Crippen molar-refractivity contribution in [1.82, 2.24) is 9.55 Å². The molecule has 0 bridgehead atoms. The molecule has 8 heteroatoms. The second-order valence-electron chi connectivity index (χ2n) is 9.72. The van der Waals surface area contributed by atoms with E-state index < -0.39 is 22.7 Å². The summed E-state index contributed by atoms with van der Waals surface area (Å²) in [6, 6.07) is 1.81. The lowest BCUT2D eigenvalue weighted by Crippen LogP contribution is -2.33. The Bertz CT molecular complexity index is 1110. The molecule has 0 amide bonds. The maximum Gasteiger partial charge on any atom is 0.341 e. The second-order valence-corrected chi connectivity index (χ2v) is 9.72. The van der Waals surface area contributed by atoms with Gasteiger partial charge in [0.1, 0.15) is 17.0 Å². The van der Waals surface area contributed by atoms with Crippen LogP contribution in [-0.2, 0) is 11.2 Å². The largest absolute Gasteiger partial charge is 0.503 e. The van der Waals surface area contributed by atoms with Gasteiger partial charge in [-0.15, -0.1) is 0 Å². The summed E-state index contributed by atoms with van der Waals surface area (Å²) in [5, 5.41) is 20.3. The van der Waals surface area contributed by atoms with Crippen LogP contribution in [0.25, 0.3) is 11.4 Å². The summed E-state index contributed by atoms with van der Waals surface area (Å²) in [6.07, 6.45) is 4.73. The number of methoxy groups -OCH3 is 1. The zero-order valence-electron chi connectivity index (χ0n) is 19.0. The molecule has 2 aromatic rings. The zero-order chi connectivity index (χ0) is 23.2. The smallest absolute Gasteiger partial charge is 0.341 e. The summed E-state index contributed by atoms with van der Waals surface area (Å²) < 4.78 is 12.9. The number of aromatic carboxylic acids is 1. The molecule has 0 aromatic carbocycles. The van der Waals surface area contributed by atoms with Gasteiger partial charge >= 0.3 is 5.97 Å². The number of carboxylic acids is 1. The number of aromatic nitrogens is 2. The van der Waals surface area contributed by atoms with Gasteiger partial charge in [-0.1, -0.05) is 20.8 Å². The minimum atomic E-state index is -1.36. The van der Waals surface area contributed by atoms with Crippen LogP contribution < -0.4 is 10.2 Å². The van der Waals surface area contributed by atoms with E-state index in [1.54, 1.807) is 11.7 Å². The highest BCUT2D eigenvalue weighted by molar-refractivity contribution is 5.89. The Hall–Kier alpha value is -2.87.